The van der Waals surface area contributed by atoms with Crippen molar-refractivity contribution < 1.29 is 74.3 Å². The molecule has 0 saturated heterocycles. The summed E-state index contributed by atoms with van der Waals surface area (Å²) in [6, 6.07) is 5.76. The summed E-state index contributed by atoms with van der Waals surface area (Å²) in [6.45, 7) is 0. The van der Waals surface area contributed by atoms with E-state index in [1.807, 2.05) is 0 Å². The van der Waals surface area contributed by atoms with E-state index >= 15 is 0 Å². The highest BCUT2D eigenvalue weighted by Crippen LogP contribution is 2.64. The van der Waals surface area contributed by atoms with Gasteiger partial charge >= 0.3 is 23.9 Å². The van der Waals surface area contributed by atoms with Gasteiger partial charge in [0, 0.05) is 5.56 Å². The highest BCUT2D eigenvalue weighted by Gasteiger charge is 2.56. The van der Waals surface area contributed by atoms with Gasteiger partial charge in [-0.2, -0.15) is 8.78 Å². The first-order chi connectivity index (χ1) is 29.2. The van der Waals surface area contributed by atoms with Gasteiger partial charge in [0.05, 0.1) is 48.3 Å². The normalized spacial score (nSPS) is 16.8. The van der Waals surface area contributed by atoms with Crippen LogP contribution in [0.5, 0.6) is 40.2 Å². The second-order valence-electron chi connectivity index (χ2n) is 14.9. The number of fused-ring (bicyclic) bond motifs is 6. The van der Waals surface area contributed by atoms with E-state index in [0.29, 0.717) is 25.7 Å². The number of esters is 4. The summed E-state index contributed by atoms with van der Waals surface area (Å²) in [5.74, 6) is -19.8. The molecule has 0 atom stereocenters. The molecule has 8 rings (SSSR count). The van der Waals surface area contributed by atoms with E-state index < -0.39 is 81.7 Å². The van der Waals surface area contributed by atoms with E-state index in [2.05, 4.69) is 0 Å². The molecule has 0 aromatic heterocycles. The minimum absolute atomic E-state index is 0.0817. The molecule has 2 aliphatic carbocycles. The van der Waals surface area contributed by atoms with Gasteiger partial charge in [0.15, 0.2) is 40.1 Å². The predicted molar refractivity (Wildman–Crippen MR) is 203 cm³/mol. The van der Waals surface area contributed by atoms with Gasteiger partial charge in [0.2, 0.25) is 34.8 Å². The van der Waals surface area contributed by atoms with E-state index in [1.165, 1.54) is 26.4 Å². The lowest BCUT2D eigenvalue weighted by Gasteiger charge is -2.38. The molecule has 0 unspecified atom stereocenters. The van der Waals surface area contributed by atoms with Crippen molar-refractivity contribution >= 4 is 47.1 Å². The van der Waals surface area contributed by atoms with Crippen molar-refractivity contribution in [1.82, 2.24) is 0 Å². The molecule has 4 aliphatic rings. The maximum atomic E-state index is 14.6. The van der Waals surface area contributed by atoms with Gasteiger partial charge in [-0.3, -0.25) is 9.59 Å². The van der Waals surface area contributed by atoms with Crippen LogP contribution in [0.1, 0.15) is 102 Å². The SMILES string of the molecule is COc1cc2c(c(Cl)c1OC(=O)C1CCCCC1)Oc1c(cc(OC)c(OC(=O)C3CCCCC3)c1Cl)C21OC(=O)c2ccc(C(=O)Oc3c(F)c(F)c(F)c(F)c3F)cc21. The average molecular weight is 892 g/mol. The van der Waals surface area contributed by atoms with Crippen LogP contribution in [0.2, 0.25) is 10.0 Å². The van der Waals surface area contributed by atoms with Crippen molar-refractivity contribution in [2.75, 3.05) is 14.2 Å². The zero-order valence-corrected chi connectivity index (χ0v) is 33.8. The molecule has 0 bridgehead atoms. The standard InChI is InChI=1S/C43H33Cl2F5O11/c1-55-25-16-23-34(27(44)36(25)58-39(51)18-9-5-3-6-10-18)57-35-24(17-26(56-2)37(28(35)45)59-40(52)19-11-7-4-8-12-19)43(23)22-15-20(13-14-21(22)42(54)61-43)41(53)60-38-32(49)30(47)29(46)31(48)33(38)50/h13-19H,3-12H2,1-2H3. The van der Waals surface area contributed by atoms with Crippen LogP contribution >= 0.6 is 23.2 Å². The molecule has 4 aromatic rings. The number of benzene rings is 4. The first-order valence-corrected chi connectivity index (χ1v) is 20.0. The van der Waals surface area contributed by atoms with Crippen molar-refractivity contribution in [2.24, 2.45) is 11.8 Å². The number of hydrogen-bond acceptors (Lipinski definition) is 11. The van der Waals surface area contributed by atoms with E-state index in [1.54, 1.807) is 0 Å². The third-order valence-electron chi connectivity index (χ3n) is 11.4. The van der Waals surface area contributed by atoms with Crippen LogP contribution in [0.15, 0.2) is 30.3 Å². The molecular weight excluding hydrogens is 858 g/mol. The monoisotopic (exact) mass is 890 g/mol. The Kier molecular flexibility index (Phi) is 11.3. The fraction of sp³-hybridized carbons (Fsp3) is 0.349. The fourth-order valence-corrected chi connectivity index (χ4v) is 8.85. The van der Waals surface area contributed by atoms with Crippen LogP contribution in [-0.4, -0.2) is 38.1 Å². The zero-order chi connectivity index (χ0) is 43.5. The van der Waals surface area contributed by atoms with Gasteiger partial charge < -0.3 is 33.2 Å². The van der Waals surface area contributed by atoms with Gasteiger partial charge in [0.25, 0.3) is 0 Å². The molecular formula is C43H33Cl2F5O11. The van der Waals surface area contributed by atoms with Crippen LogP contribution in [0.4, 0.5) is 22.0 Å². The first-order valence-electron chi connectivity index (χ1n) is 19.3. The Bertz CT molecular complexity index is 2410. The molecule has 2 heterocycles. The number of halogens is 7. The van der Waals surface area contributed by atoms with E-state index in [0.717, 1.165) is 56.7 Å². The second kappa shape index (κ2) is 16.3. The Morgan fingerprint density at radius 1 is 0.623 bits per heavy atom. The fourth-order valence-electron chi connectivity index (χ4n) is 8.31. The molecule has 0 radical (unpaired) electrons. The number of methoxy groups -OCH3 is 2. The molecule has 0 amide bonds. The van der Waals surface area contributed by atoms with E-state index in [9.17, 15) is 41.1 Å². The Labute approximate surface area is 353 Å². The largest absolute Gasteiger partial charge is 0.493 e. The Morgan fingerprint density at radius 3 is 1.54 bits per heavy atom. The molecule has 320 valence electrons. The summed E-state index contributed by atoms with van der Waals surface area (Å²) in [7, 11) is 2.52. The molecule has 4 aromatic carbocycles. The van der Waals surface area contributed by atoms with Crippen LogP contribution < -0.4 is 28.4 Å². The summed E-state index contributed by atoms with van der Waals surface area (Å²) in [6.07, 6.45) is 7.50. The van der Waals surface area contributed by atoms with Crippen molar-refractivity contribution in [3.63, 3.8) is 0 Å². The first kappa shape index (κ1) is 42.1. The van der Waals surface area contributed by atoms with Crippen molar-refractivity contribution in [3.05, 3.63) is 97.3 Å². The Balaban J connectivity index is 1.32. The summed E-state index contributed by atoms with van der Waals surface area (Å²) in [4.78, 5) is 54.3. The molecule has 2 saturated carbocycles. The summed E-state index contributed by atoms with van der Waals surface area (Å²) in [5, 5.41) is -0.690. The van der Waals surface area contributed by atoms with Crippen molar-refractivity contribution in [3.8, 4) is 40.2 Å². The highest BCUT2D eigenvalue weighted by atomic mass is 35.5. The molecule has 18 heteroatoms. The number of carbonyl (C=O) groups is 4. The van der Waals surface area contributed by atoms with Gasteiger partial charge in [-0.1, -0.05) is 61.7 Å². The van der Waals surface area contributed by atoms with E-state index in [-0.39, 0.29) is 66.8 Å². The molecule has 61 heavy (non-hydrogen) atoms. The molecule has 0 N–H and O–H groups in total. The number of hydrogen-bond donors (Lipinski definition) is 0. The molecule has 2 fully saturated rings. The summed E-state index contributed by atoms with van der Waals surface area (Å²) in [5.41, 5.74) is -3.30. The highest BCUT2D eigenvalue weighted by molar-refractivity contribution is 6.35. The Morgan fingerprint density at radius 2 is 1.08 bits per heavy atom. The van der Waals surface area contributed by atoms with Gasteiger partial charge in [-0.15, -0.1) is 0 Å². The van der Waals surface area contributed by atoms with Crippen molar-refractivity contribution in [2.45, 2.75) is 69.8 Å². The molecule has 1 spiro atoms. The number of rotatable bonds is 8. The minimum atomic E-state index is -2.47. The quantitative estimate of drug-likeness (QED) is 0.0550. The van der Waals surface area contributed by atoms with E-state index in [4.69, 9.17) is 56.4 Å². The molecule has 11 nitrogen and oxygen atoms in total. The number of ether oxygens (including phenoxy) is 7. The van der Waals surface area contributed by atoms with Gasteiger partial charge in [-0.05, 0) is 56.0 Å². The second-order valence-corrected chi connectivity index (χ2v) is 15.7. The van der Waals surface area contributed by atoms with Crippen LogP contribution in [0.25, 0.3) is 0 Å². The summed E-state index contributed by atoms with van der Waals surface area (Å²) >= 11 is 14.1. The van der Waals surface area contributed by atoms with Crippen molar-refractivity contribution in [1.29, 1.82) is 0 Å². The lowest BCUT2D eigenvalue weighted by Crippen LogP contribution is -2.34. The maximum Gasteiger partial charge on any atom is 0.343 e. The van der Waals surface area contributed by atoms with Gasteiger partial charge in [0.1, 0.15) is 10.0 Å². The molecule has 2 aliphatic heterocycles. The Hall–Kier alpha value is -5.61. The third-order valence-corrected chi connectivity index (χ3v) is 12.1. The lowest BCUT2D eigenvalue weighted by molar-refractivity contribution is -0.140. The lowest BCUT2D eigenvalue weighted by atomic mass is 9.77. The smallest absolute Gasteiger partial charge is 0.343 e. The topological polar surface area (TPSA) is 133 Å². The van der Waals surface area contributed by atoms with Crippen LogP contribution in [0.3, 0.4) is 0 Å². The van der Waals surface area contributed by atoms with Crippen LogP contribution in [0, 0.1) is 40.9 Å². The number of carbonyl (C=O) groups excluding carboxylic acids is 4. The minimum Gasteiger partial charge on any atom is -0.493 e. The van der Waals surface area contributed by atoms with Crippen LogP contribution in [-0.2, 0) is 19.9 Å². The third kappa shape index (κ3) is 6.97. The zero-order valence-electron chi connectivity index (χ0n) is 32.2. The maximum absolute atomic E-state index is 14.6. The summed E-state index contributed by atoms with van der Waals surface area (Å²) < 4.78 is 112. The average Bonchev–Trinajstić information content (AvgIpc) is 3.57. The van der Waals surface area contributed by atoms with Gasteiger partial charge in [-0.25, -0.2) is 22.8 Å². The predicted octanol–water partition coefficient (Wildman–Crippen LogP) is 10.5.